The van der Waals surface area contributed by atoms with Gasteiger partial charge < -0.3 is 4.74 Å². The van der Waals surface area contributed by atoms with E-state index in [-0.39, 0.29) is 35.2 Å². The van der Waals surface area contributed by atoms with Gasteiger partial charge in [-0.15, -0.1) is 0 Å². The van der Waals surface area contributed by atoms with Gasteiger partial charge in [-0.1, -0.05) is 77.8 Å². The number of ether oxygens (including phenoxy) is 1. The average molecular weight is 407 g/mol. The number of hydrogen-bond acceptors (Lipinski definition) is 4. The van der Waals surface area contributed by atoms with Crippen LogP contribution < -0.4 is 0 Å². The Hall–Kier alpha value is -2.33. The van der Waals surface area contributed by atoms with Gasteiger partial charge in [0.1, 0.15) is 6.10 Å². The Kier molecular flexibility index (Phi) is 6.28. The predicted molar refractivity (Wildman–Crippen MR) is 116 cm³/mol. The monoisotopic (exact) mass is 406 g/mol. The van der Waals surface area contributed by atoms with E-state index in [2.05, 4.69) is 57.2 Å². The highest BCUT2D eigenvalue weighted by Crippen LogP contribution is 2.63. The van der Waals surface area contributed by atoms with Gasteiger partial charge >= 0.3 is 5.97 Å². The number of benzene rings is 1. The zero-order valence-corrected chi connectivity index (χ0v) is 18.9. The van der Waals surface area contributed by atoms with Crippen molar-refractivity contribution >= 4 is 5.97 Å². The largest absolute Gasteiger partial charge is 0.462 e. The van der Waals surface area contributed by atoms with E-state index in [4.69, 9.17) is 4.74 Å². The maximum atomic E-state index is 13.2. The van der Waals surface area contributed by atoms with E-state index in [0.717, 1.165) is 25.7 Å². The molecule has 6 atom stereocenters. The molecular formula is C26H34N2O2. The van der Waals surface area contributed by atoms with Crippen LogP contribution >= 0.6 is 0 Å². The number of nitrogens with zero attached hydrogens (tertiary/aromatic N) is 2. The molecule has 0 spiro atoms. The van der Waals surface area contributed by atoms with Crippen LogP contribution in [0.5, 0.6) is 0 Å². The fraction of sp³-hybridized carbons (Fsp3) is 0.654. The number of carbonyl (C=O) groups is 1. The lowest BCUT2D eigenvalue weighted by Crippen LogP contribution is -2.43. The second-order valence-corrected chi connectivity index (χ2v) is 10.1. The van der Waals surface area contributed by atoms with Crippen molar-refractivity contribution in [3.8, 4) is 12.1 Å². The molecule has 0 heterocycles. The van der Waals surface area contributed by atoms with Gasteiger partial charge in [-0.3, -0.25) is 4.79 Å². The summed E-state index contributed by atoms with van der Waals surface area (Å²) in [4.78, 5) is 13.2. The third-order valence-electron chi connectivity index (χ3n) is 7.91. The lowest BCUT2D eigenvalue weighted by atomic mass is 9.64. The first kappa shape index (κ1) is 22.4. The summed E-state index contributed by atoms with van der Waals surface area (Å²) in [6, 6.07) is 14.7. The number of esters is 1. The second kappa shape index (κ2) is 8.43. The summed E-state index contributed by atoms with van der Waals surface area (Å²) in [6.07, 6.45) is 3.60. The normalized spacial score (nSPS) is 31.1. The molecule has 0 N–H and O–H groups in total. The molecule has 0 saturated heterocycles. The summed E-state index contributed by atoms with van der Waals surface area (Å²) in [7, 11) is 0. The molecule has 2 saturated carbocycles. The van der Waals surface area contributed by atoms with Gasteiger partial charge in [0, 0.05) is 11.8 Å². The first-order chi connectivity index (χ1) is 14.2. The fourth-order valence-electron chi connectivity index (χ4n) is 5.68. The van der Waals surface area contributed by atoms with Crippen molar-refractivity contribution in [2.75, 3.05) is 0 Å². The lowest BCUT2D eigenvalue weighted by molar-refractivity contribution is -0.159. The van der Waals surface area contributed by atoms with Crippen LogP contribution in [0.3, 0.4) is 0 Å². The topological polar surface area (TPSA) is 73.9 Å². The van der Waals surface area contributed by atoms with Crippen LogP contribution in [-0.4, -0.2) is 12.1 Å². The van der Waals surface area contributed by atoms with Crippen LogP contribution in [0.25, 0.3) is 0 Å². The van der Waals surface area contributed by atoms with Crippen molar-refractivity contribution in [3.63, 3.8) is 0 Å². The average Bonchev–Trinajstić information content (AvgIpc) is 3.43. The first-order valence-corrected chi connectivity index (χ1v) is 11.3. The highest BCUT2D eigenvalue weighted by atomic mass is 16.5. The molecule has 0 radical (unpaired) electrons. The summed E-state index contributed by atoms with van der Waals surface area (Å²) in [5.74, 6) is -0.363. The zero-order valence-electron chi connectivity index (χ0n) is 18.9. The Balaban J connectivity index is 1.83. The van der Waals surface area contributed by atoms with E-state index in [1.807, 2.05) is 19.9 Å². The van der Waals surface area contributed by atoms with Gasteiger partial charge in [0.25, 0.3) is 0 Å². The first-order valence-electron chi connectivity index (χ1n) is 11.3. The minimum atomic E-state index is -1.22. The number of hydrogen-bond donors (Lipinski definition) is 0. The molecule has 4 nitrogen and oxygen atoms in total. The molecular weight excluding hydrogens is 372 g/mol. The van der Waals surface area contributed by atoms with Crippen LogP contribution in [0, 0.1) is 57.7 Å². The van der Waals surface area contributed by atoms with Crippen LogP contribution in [0.4, 0.5) is 0 Å². The molecule has 2 fully saturated rings. The minimum Gasteiger partial charge on any atom is -0.462 e. The van der Waals surface area contributed by atoms with Gasteiger partial charge in [0.05, 0.1) is 18.1 Å². The van der Waals surface area contributed by atoms with E-state index in [1.54, 1.807) is 0 Å². The Morgan fingerprint density at radius 3 is 2.43 bits per heavy atom. The van der Waals surface area contributed by atoms with Gasteiger partial charge in [-0.05, 0) is 35.7 Å². The van der Waals surface area contributed by atoms with E-state index >= 15 is 0 Å². The Morgan fingerprint density at radius 2 is 1.87 bits per heavy atom. The van der Waals surface area contributed by atoms with E-state index < -0.39 is 11.3 Å². The molecule has 2 aliphatic carbocycles. The lowest BCUT2D eigenvalue weighted by Gasteiger charge is -2.44. The fourth-order valence-corrected chi connectivity index (χ4v) is 5.68. The van der Waals surface area contributed by atoms with E-state index in [0.29, 0.717) is 5.92 Å². The quantitative estimate of drug-likeness (QED) is 0.573. The summed E-state index contributed by atoms with van der Waals surface area (Å²) < 4.78 is 6.15. The molecule has 1 aromatic carbocycles. The van der Waals surface area contributed by atoms with Gasteiger partial charge in [-0.25, -0.2) is 0 Å². The van der Waals surface area contributed by atoms with Crippen molar-refractivity contribution in [1.29, 1.82) is 10.5 Å². The van der Waals surface area contributed by atoms with Crippen molar-refractivity contribution in [2.45, 2.75) is 71.8 Å². The molecule has 30 heavy (non-hydrogen) atoms. The van der Waals surface area contributed by atoms with E-state index in [9.17, 15) is 15.3 Å². The van der Waals surface area contributed by atoms with Crippen molar-refractivity contribution < 1.29 is 9.53 Å². The molecule has 1 unspecified atom stereocenters. The van der Waals surface area contributed by atoms with E-state index in [1.165, 1.54) is 5.56 Å². The molecule has 3 rings (SSSR count). The smallest absolute Gasteiger partial charge is 0.312 e. The summed E-state index contributed by atoms with van der Waals surface area (Å²) >= 11 is 0. The maximum Gasteiger partial charge on any atom is 0.312 e. The molecule has 1 aromatic rings. The summed E-state index contributed by atoms with van der Waals surface area (Å²) in [5.41, 5.74) is -0.108. The Labute approximate surface area is 181 Å². The summed E-state index contributed by atoms with van der Waals surface area (Å²) in [6.45, 7) is 10.7. The number of carbonyl (C=O) groups excluding carboxylic acids is 1. The number of rotatable bonds is 6. The molecule has 0 amide bonds. The summed E-state index contributed by atoms with van der Waals surface area (Å²) in [5, 5.41) is 19.4. The maximum absolute atomic E-state index is 13.2. The molecule has 0 aliphatic heterocycles. The van der Waals surface area contributed by atoms with Crippen LogP contribution in [-0.2, 0) is 14.9 Å². The molecule has 0 aromatic heterocycles. The molecule has 160 valence electrons. The second-order valence-electron chi connectivity index (χ2n) is 10.1. The van der Waals surface area contributed by atoms with Crippen molar-refractivity contribution in [1.82, 2.24) is 0 Å². The van der Waals surface area contributed by atoms with Crippen LogP contribution in [0.1, 0.15) is 65.9 Å². The Bertz CT molecular complexity index is 834. The third kappa shape index (κ3) is 3.74. The molecule has 4 heteroatoms. The van der Waals surface area contributed by atoms with Gasteiger partial charge in [-0.2, -0.15) is 10.5 Å². The van der Waals surface area contributed by atoms with Crippen LogP contribution in [0.15, 0.2) is 30.3 Å². The zero-order chi connectivity index (χ0) is 22.1. The van der Waals surface area contributed by atoms with Crippen molar-refractivity contribution in [3.05, 3.63) is 35.9 Å². The van der Waals surface area contributed by atoms with Crippen molar-refractivity contribution in [2.24, 2.45) is 35.0 Å². The highest BCUT2D eigenvalue weighted by Gasteiger charge is 2.72. The standard InChI is InChI=1S/C26H34N2O2/c1-6-18(3)22-23(26(22,15-27)16-28)24(29)30-21-14-17(2)12-13-20(21)25(4,5)19-10-8-7-9-11-19/h7-11,17-18,20-23H,6,12-14H2,1-5H3/t17-,18?,20-,21-,22-,23+/m1/s1. The number of nitriles is 2. The SMILES string of the molecule is CCC(C)[C@@H]1[C@@H](C(=O)O[C@@H]2C[C@H](C)CC[C@H]2C(C)(C)c2ccccc2)C1(C#N)C#N. The Morgan fingerprint density at radius 1 is 1.23 bits per heavy atom. The van der Waals surface area contributed by atoms with Gasteiger partial charge in [0.15, 0.2) is 5.41 Å². The van der Waals surface area contributed by atoms with Gasteiger partial charge in [0.2, 0.25) is 0 Å². The third-order valence-corrected chi connectivity index (χ3v) is 7.91. The molecule has 2 aliphatic rings. The highest BCUT2D eigenvalue weighted by molar-refractivity contribution is 5.80. The van der Waals surface area contributed by atoms with Crippen LogP contribution in [0.2, 0.25) is 0 Å². The minimum absolute atomic E-state index is 0.131. The molecule has 0 bridgehead atoms. The predicted octanol–water partition coefficient (Wildman–Crippen LogP) is 5.64.